The summed E-state index contributed by atoms with van der Waals surface area (Å²) in [7, 11) is -4.35. The van der Waals surface area contributed by atoms with Crippen molar-refractivity contribution in [1.29, 1.82) is 0 Å². The summed E-state index contributed by atoms with van der Waals surface area (Å²) in [6.45, 7) is 7.89. The fraction of sp³-hybridized carbons (Fsp3) is 0.364. The van der Waals surface area contributed by atoms with E-state index in [0.717, 1.165) is 45.2 Å². The average Bonchev–Trinajstić information content (AvgIpc) is 2.97. The molecule has 0 radical (unpaired) electrons. The van der Waals surface area contributed by atoms with Gasteiger partial charge in [-0.25, -0.2) is 18.2 Å². The van der Waals surface area contributed by atoms with Gasteiger partial charge in [0.05, 0.1) is 50.5 Å². The summed E-state index contributed by atoms with van der Waals surface area (Å²) in [4.78, 5) is 5.43. The molecule has 2 aromatic rings. The van der Waals surface area contributed by atoms with Gasteiger partial charge in [0.15, 0.2) is 0 Å². The van der Waals surface area contributed by atoms with Gasteiger partial charge in [0.25, 0.3) is 0 Å². The van der Waals surface area contributed by atoms with Gasteiger partial charge in [-0.15, -0.1) is 4.33 Å². The zero-order chi connectivity index (χ0) is 23.5. The van der Waals surface area contributed by atoms with Crippen LogP contribution in [0.1, 0.15) is 50.8 Å². The predicted octanol–water partition coefficient (Wildman–Crippen LogP) is 3.51. The minimum absolute atomic E-state index is 0.188. The van der Waals surface area contributed by atoms with Gasteiger partial charge < -0.3 is 4.55 Å². The molecule has 1 N–H and O–H groups in total. The number of fused-ring (bicyclic) bond motifs is 1. The second-order valence-electron chi connectivity index (χ2n) is 8.07. The number of hydrogen-bond donors (Lipinski definition) is 1. The molecule has 1 aromatic heterocycles. The van der Waals surface area contributed by atoms with Crippen molar-refractivity contribution in [3.8, 4) is 11.8 Å². The van der Waals surface area contributed by atoms with Gasteiger partial charge in [0.2, 0.25) is 0 Å². The molecule has 0 aliphatic carbocycles. The van der Waals surface area contributed by atoms with E-state index in [1.807, 2.05) is 35.9 Å². The number of hydrogen-bond acceptors (Lipinski definition) is 8. The predicted molar refractivity (Wildman–Crippen MR) is 119 cm³/mol. The molecule has 0 saturated carbocycles. The normalized spacial score (nSPS) is 15.5. The lowest BCUT2D eigenvalue weighted by molar-refractivity contribution is -0.684. The van der Waals surface area contributed by atoms with E-state index in [9.17, 15) is 13.0 Å². The van der Waals surface area contributed by atoms with Crippen LogP contribution in [0.3, 0.4) is 0 Å². The van der Waals surface area contributed by atoms with Crippen LogP contribution in [0.2, 0.25) is 0 Å². The smallest absolute Gasteiger partial charge is 0.327 e. The van der Waals surface area contributed by atoms with E-state index in [4.69, 9.17) is 10.2 Å². The first kappa shape index (κ1) is 24.4. The molecule has 1 atom stereocenters. The Hall–Kier alpha value is -2.26. The van der Waals surface area contributed by atoms with Crippen molar-refractivity contribution in [2.75, 3.05) is 0 Å². The van der Waals surface area contributed by atoms with Crippen LogP contribution in [-0.2, 0) is 31.4 Å². The Labute approximate surface area is 192 Å². The topological polar surface area (TPSA) is 112 Å². The molecular weight excluding hydrogens is 452 g/mol. The van der Waals surface area contributed by atoms with Crippen LogP contribution in [0, 0.1) is 11.8 Å². The van der Waals surface area contributed by atoms with E-state index < -0.39 is 15.4 Å². The van der Waals surface area contributed by atoms with Crippen LogP contribution < -0.4 is 4.57 Å². The van der Waals surface area contributed by atoms with Crippen LogP contribution in [0.15, 0.2) is 46.4 Å². The van der Waals surface area contributed by atoms with Gasteiger partial charge in [-0.1, -0.05) is 16.9 Å². The van der Waals surface area contributed by atoms with E-state index >= 15 is 0 Å². The van der Waals surface area contributed by atoms with Crippen molar-refractivity contribution in [2.45, 2.75) is 56.2 Å². The highest BCUT2D eigenvalue weighted by molar-refractivity contribution is 7.94. The van der Waals surface area contributed by atoms with Gasteiger partial charge in [-0.05, 0) is 63.0 Å². The maximum absolute atomic E-state index is 11.3. The molecule has 8 nitrogen and oxygen atoms in total. The van der Waals surface area contributed by atoms with Crippen molar-refractivity contribution < 1.29 is 32.2 Å². The van der Waals surface area contributed by atoms with Gasteiger partial charge >= 0.3 is 5.82 Å². The summed E-state index contributed by atoms with van der Waals surface area (Å²) in [5.41, 5.74) is 3.22. The second kappa shape index (κ2) is 9.70. The highest BCUT2D eigenvalue weighted by Gasteiger charge is 2.41. The third kappa shape index (κ3) is 5.56. The zero-order valence-electron chi connectivity index (χ0n) is 18.2. The van der Waals surface area contributed by atoms with Crippen LogP contribution >= 0.6 is 12.0 Å². The van der Waals surface area contributed by atoms with Gasteiger partial charge in [0.1, 0.15) is 11.9 Å². The molecule has 3 rings (SSSR count). The Morgan fingerprint density at radius 3 is 2.53 bits per heavy atom. The lowest BCUT2D eigenvalue weighted by Crippen LogP contribution is -2.38. The molecule has 1 unspecified atom stereocenters. The molecule has 2 heterocycles. The zero-order valence-corrected chi connectivity index (χ0v) is 19.8. The summed E-state index contributed by atoms with van der Waals surface area (Å²) in [6.07, 6.45) is 2.03. The summed E-state index contributed by atoms with van der Waals surface area (Å²) in [5.74, 6) is 7.04. The highest BCUT2D eigenvalue weighted by Crippen LogP contribution is 2.38. The van der Waals surface area contributed by atoms with Crippen molar-refractivity contribution in [3.63, 3.8) is 0 Å². The van der Waals surface area contributed by atoms with Gasteiger partial charge in [0, 0.05) is 16.9 Å². The van der Waals surface area contributed by atoms with Crippen molar-refractivity contribution in [1.82, 2.24) is 0 Å². The second-order valence-corrected chi connectivity index (χ2v) is 10.6. The van der Waals surface area contributed by atoms with E-state index in [0.29, 0.717) is 6.54 Å². The number of pyridine rings is 1. The Morgan fingerprint density at radius 1 is 1.25 bits per heavy atom. The van der Waals surface area contributed by atoms with Crippen molar-refractivity contribution in [2.24, 2.45) is 4.99 Å². The van der Waals surface area contributed by atoms with Crippen molar-refractivity contribution in [3.05, 3.63) is 53.2 Å². The molecule has 1 aliphatic heterocycles. The minimum atomic E-state index is -4.35. The Balaban J connectivity index is 1.92. The Kier molecular flexibility index (Phi) is 7.39. The van der Waals surface area contributed by atoms with E-state index in [1.165, 1.54) is 6.92 Å². The number of aryl methyl sites for hydroxylation is 1. The number of aliphatic imine (C=N–C) groups is 1. The maximum Gasteiger partial charge on any atom is 0.327 e. The first-order chi connectivity index (χ1) is 15.0. The Bertz CT molecular complexity index is 1200. The number of rotatable bonds is 7. The maximum atomic E-state index is 11.3. The summed E-state index contributed by atoms with van der Waals surface area (Å²) in [6, 6.07) is 9.19. The first-order valence-electron chi connectivity index (χ1n) is 9.87. The summed E-state index contributed by atoms with van der Waals surface area (Å²) >= 11 is 0.867. The van der Waals surface area contributed by atoms with Crippen LogP contribution in [0.5, 0.6) is 0 Å². The van der Waals surface area contributed by atoms with E-state index in [1.54, 1.807) is 12.1 Å². The molecule has 1 aromatic carbocycles. The summed E-state index contributed by atoms with van der Waals surface area (Å²) in [5, 5.41) is 10.8. The molecular formula is C22H24N2O6S2. The largest absolute Gasteiger partial charge is 0.748 e. The molecule has 1 aliphatic rings. The number of benzene rings is 1. The lowest BCUT2D eigenvalue weighted by atomic mass is 9.82. The monoisotopic (exact) mass is 476 g/mol. The lowest BCUT2D eigenvalue weighted by Gasteiger charge is -2.18. The molecule has 0 amide bonds. The van der Waals surface area contributed by atoms with Crippen molar-refractivity contribution >= 4 is 33.7 Å². The molecule has 32 heavy (non-hydrogen) atoms. The van der Waals surface area contributed by atoms with E-state index in [-0.39, 0.29) is 11.8 Å². The SMILES string of the molecule is CC1=Nc2c(cc(C#Cc3ccc(SOOO)cc3)c[n+]2CCC(C)S(=O)(=O)[O-])C1(C)C. The van der Waals surface area contributed by atoms with Crippen LogP contribution in [0.4, 0.5) is 5.82 Å². The molecule has 0 bridgehead atoms. The molecule has 170 valence electrons. The first-order valence-corrected chi connectivity index (χ1v) is 12.1. The number of nitrogens with zero attached hydrogens (tertiary/aromatic N) is 2. The molecule has 0 spiro atoms. The average molecular weight is 477 g/mol. The molecule has 0 fully saturated rings. The van der Waals surface area contributed by atoms with E-state index in [2.05, 4.69) is 35.1 Å². The quantitative estimate of drug-likeness (QED) is 0.162. The number of aromatic nitrogens is 1. The fourth-order valence-corrected chi connectivity index (χ4v) is 3.97. The fourth-order valence-electron chi connectivity index (χ4n) is 3.22. The standard InChI is InChI=1S/C22H24N2O6S2/c1-15(32(26,27)28)11-12-24-14-18(13-20-21(24)23-16(2)22(20,3)4)6-5-17-7-9-19(10-8-17)31-30-29-25/h7-10,13-15H,11-12H2,1-4H3,(H-,25,26,27,28). The Morgan fingerprint density at radius 2 is 1.91 bits per heavy atom. The van der Waals surface area contributed by atoms with Crippen LogP contribution in [-0.4, -0.2) is 29.2 Å². The molecule has 10 heteroatoms. The molecule has 0 saturated heterocycles. The van der Waals surface area contributed by atoms with Crippen LogP contribution in [0.25, 0.3) is 0 Å². The third-order valence-corrected chi connectivity index (χ3v) is 7.41. The minimum Gasteiger partial charge on any atom is -0.748 e. The summed E-state index contributed by atoms with van der Waals surface area (Å²) < 4.78 is 40.2. The third-order valence-electron chi connectivity index (χ3n) is 5.59. The highest BCUT2D eigenvalue weighted by atomic mass is 32.2. The van der Waals surface area contributed by atoms with Gasteiger partial charge in [-0.2, -0.15) is 0 Å². The van der Waals surface area contributed by atoms with Gasteiger partial charge in [-0.3, -0.25) is 0 Å².